The molecule has 0 unspecified atom stereocenters. The predicted octanol–water partition coefficient (Wildman–Crippen LogP) is 4.63. The van der Waals surface area contributed by atoms with Gasteiger partial charge in [-0.05, 0) is 43.0 Å². The van der Waals surface area contributed by atoms with Gasteiger partial charge < -0.3 is 10.2 Å². The highest BCUT2D eigenvalue weighted by Gasteiger charge is 2.33. The van der Waals surface area contributed by atoms with Crippen molar-refractivity contribution in [1.29, 1.82) is 0 Å². The van der Waals surface area contributed by atoms with Crippen molar-refractivity contribution < 1.29 is 18.0 Å². The number of amides is 2. The van der Waals surface area contributed by atoms with Crippen molar-refractivity contribution in [2.45, 2.75) is 57.7 Å². The lowest BCUT2D eigenvalue weighted by atomic mass is 10.1. The molecule has 0 bridgehead atoms. The van der Waals surface area contributed by atoms with Crippen LogP contribution in [0.15, 0.2) is 48.5 Å². The number of sulfonamides is 1. The molecule has 2 aromatic rings. The minimum absolute atomic E-state index is 0.102. The summed E-state index contributed by atoms with van der Waals surface area (Å²) in [4.78, 5) is 28.4. The smallest absolute Gasteiger partial charge is 0.244 e. The third-order valence-corrected chi connectivity index (χ3v) is 7.81. The van der Waals surface area contributed by atoms with Gasteiger partial charge in [-0.2, -0.15) is 0 Å². The first kappa shape index (κ1) is 27.3. The maximum atomic E-state index is 13.7. The van der Waals surface area contributed by atoms with E-state index < -0.39 is 28.5 Å². The van der Waals surface area contributed by atoms with E-state index in [0.717, 1.165) is 41.8 Å². The summed E-state index contributed by atoms with van der Waals surface area (Å²) in [7, 11) is -3.87. The van der Waals surface area contributed by atoms with Crippen LogP contribution < -0.4 is 9.62 Å². The largest absolute Gasteiger partial charge is 0.352 e. The zero-order chi connectivity index (χ0) is 25.6. The third-order valence-electron chi connectivity index (χ3n) is 6.14. The summed E-state index contributed by atoms with van der Waals surface area (Å²) in [6.45, 7) is 1.51. The van der Waals surface area contributed by atoms with E-state index in [0.29, 0.717) is 11.4 Å². The van der Waals surface area contributed by atoms with Crippen LogP contribution in [0.25, 0.3) is 0 Å². The molecular weight excluding hydrogens is 509 g/mol. The summed E-state index contributed by atoms with van der Waals surface area (Å²) < 4.78 is 26.3. The zero-order valence-electron chi connectivity index (χ0n) is 19.9. The van der Waals surface area contributed by atoms with Crippen molar-refractivity contribution in [3.8, 4) is 0 Å². The van der Waals surface area contributed by atoms with Crippen LogP contribution in [0.1, 0.15) is 44.6 Å². The molecule has 2 amide bonds. The molecule has 1 N–H and O–H groups in total. The van der Waals surface area contributed by atoms with Gasteiger partial charge in [0.1, 0.15) is 12.6 Å². The predicted molar refractivity (Wildman–Crippen MR) is 140 cm³/mol. The summed E-state index contributed by atoms with van der Waals surface area (Å²) in [5.74, 6) is -0.724. The highest BCUT2D eigenvalue weighted by Crippen LogP contribution is 2.30. The number of nitrogens with zero attached hydrogens (tertiary/aromatic N) is 2. The SMILES string of the molecule is CC[C@@H](C(=O)NC1CCCC1)N(Cc1ccccc1)C(=O)CN(c1ccc(Cl)cc1Cl)S(C)(=O)=O. The molecule has 0 aliphatic heterocycles. The van der Waals surface area contributed by atoms with Gasteiger partial charge in [-0.15, -0.1) is 0 Å². The van der Waals surface area contributed by atoms with E-state index in [1.165, 1.54) is 23.1 Å². The molecule has 7 nitrogen and oxygen atoms in total. The lowest BCUT2D eigenvalue weighted by Crippen LogP contribution is -2.53. The van der Waals surface area contributed by atoms with Gasteiger partial charge in [0.15, 0.2) is 0 Å². The molecule has 0 aromatic heterocycles. The fourth-order valence-corrected chi connectivity index (χ4v) is 5.77. The average Bonchev–Trinajstić information content (AvgIpc) is 3.30. The van der Waals surface area contributed by atoms with E-state index in [1.807, 2.05) is 37.3 Å². The molecule has 2 aromatic carbocycles. The second kappa shape index (κ2) is 12.1. The van der Waals surface area contributed by atoms with Crippen molar-refractivity contribution in [2.75, 3.05) is 17.1 Å². The second-order valence-corrected chi connectivity index (χ2v) is 11.5. The Balaban J connectivity index is 1.92. The molecule has 35 heavy (non-hydrogen) atoms. The Hall–Kier alpha value is -2.29. The van der Waals surface area contributed by atoms with Gasteiger partial charge >= 0.3 is 0 Å². The van der Waals surface area contributed by atoms with Crippen LogP contribution in [0.4, 0.5) is 5.69 Å². The number of anilines is 1. The summed E-state index contributed by atoms with van der Waals surface area (Å²) in [5.41, 5.74) is 0.985. The maximum Gasteiger partial charge on any atom is 0.244 e. The van der Waals surface area contributed by atoms with E-state index in [-0.39, 0.29) is 29.2 Å². The topological polar surface area (TPSA) is 86.8 Å². The molecule has 1 atom stereocenters. The Morgan fingerprint density at radius 2 is 1.74 bits per heavy atom. The number of carbonyl (C=O) groups is 2. The Labute approximate surface area is 217 Å². The molecule has 0 spiro atoms. The van der Waals surface area contributed by atoms with Gasteiger partial charge in [-0.3, -0.25) is 13.9 Å². The van der Waals surface area contributed by atoms with Crippen LogP contribution in [0, 0.1) is 0 Å². The van der Waals surface area contributed by atoms with Crippen molar-refractivity contribution in [2.24, 2.45) is 0 Å². The first-order chi connectivity index (χ1) is 16.6. The standard InChI is InChI=1S/C25H31Cl2N3O4S/c1-3-22(25(32)28-20-11-7-8-12-20)29(16-18-9-5-4-6-10-18)24(31)17-30(35(2,33)34)23-14-13-19(26)15-21(23)27/h4-6,9-10,13-15,20,22H,3,7-8,11-12,16-17H2,1-2H3,(H,28,32)/t22-/m0/s1. The lowest BCUT2D eigenvalue weighted by molar-refractivity contribution is -0.140. The van der Waals surface area contributed by atoms with Gasteiger partial charge in [0.05, 0.1) is 17.0 Å². The maximum absolute atomic E-state index is 13.7. The van der Waals surface area contributed by atoms with Crippen LogP contribution in [0.3, 0.4) is 0 Å². The first-order valence-electron chi connectivity index (χ1n) is 11.7. The molecule has 190 valence electrons. The van der Waals surface area contributed by atoms with Crippen molar-refractivity contribution in [3.05, 3.63) is 64.1 Å². The minimum atomic E-state index is -3.87. The molecule has 0 radical (unpaired) electrons. The fourth-order valence-electron chi connectivity index (χ4n) is 4.35. The molecule has 1 aliphatic rings. The van der Waals surface area contributed by atoms with Crippen LogP contribution in [0.5, 0.6) is 0 Å². The van der Waals surface area contributed by atoms with Crippen LogP contribution in [-0.4, -0.2) is 50.0 Å². The van der Waals surface area contributed by atoms with Gasteiger partial charge in [-0.1, -0.05) is 73.3 Å². The normalized spacial score (nSPS) is 15.0. The van der Waals surface area contributed by atoms with Crippen LogP contribution in [0.2, 0.25) is 10.0 Å². The Morgan fingerprint density at radius 3 is 2.31 bits per heavy atom. The zero-order valence-corrected chi connectivity index (χ0v) is 22.2. The Kier molecular flexibility index (Phi) is 9.44. The van der Waals surface area contributed by atoms with E-state index in [1.54, 1.807) is 0 Å². The molecular formula is C25H31Cl2N3O4S. The summed E-state index contributed by atoms with van der Waals surface area (Å²) >= 11 is 12.3. The van der Waals surface area contributed by atoms with Gasteiger partial charge in [0, 0.05) is 17.6 Å². The number of hydrogen-bond acceptors (Lipinski definition) is 4. The van der Waals surface area contributed by atoms with Crippen molar-refractivity contribution >= 4 is 50.7 Å². The Bertz CT molecular complexity index is 1140. The number of rotatable bonds is 10. The highest BCUT2D eigenvalue weighted by atomic mass is 35.5. The number of benzene rings is 2. The molecule has 0 heterocycles. The van der Waals surface area contributed by atoms with E-state index in [2.05, 4.69) is 5.32 Å². The summed E-state index contributed by atoms with van der Waals surface area (Å²) in [6, 6.07) is 13.1. The molecule has 1 saturated carbocycles. The first-order valence-corrected chi connectivity index (χ1v) is 14.3. The third kappa shape index (κ3) is 7.35. The fraction of sp³-hybridized carbons (Fsp3) is 0.440. The summed E-state index contributed by atoms with van der Waals surface area (Å²) in [5, 5.41) is 3.54. The van der Waals surface area contributed by atoms with E-state index >= 15 is 0 Å². The van der Waals surface area contributed by atoms with Crippen molar-refractivity contribution in [1.82, 2.24) is 10.2 Å². The monoisotopic (exact) mass is 539 g/mol. The molecule has 0 saturated heterocycles. The average molecular weight is 541 g/mol. The van der Waals surface area contributed by atoms with Crippen LogP contribution >= 0.6 is 23.2 Å². The quantitative estimate of drug-likeness (QED) is 0.476. The minimum Gasteiger partial charge on any atom is -0.352 e. The highest BCUT2D eigenvalue weighted by molar-refractivity contribution is 7.92. The molecule has 1 fully saturated rings. The van der Waals surface area contributed by atoms with E-state index in [9.17, 15) is 18.0 Å². The van der Waals surface area contributed by atoms with Gasteiger partial charge in [-0.25, -0.2) is 8.42 Å². The van der Waals surface area contributed by atoms with Crippen LogP contribution in [-0.2, 0) is 26.2 Å². The number of carbonyl (C=O) groups excluding carboxylic acids is 2. The molecule has 3 rings (SSSR count). The number of hydrogen-bond donors (Lipinski definition) is 1. The summed E-state index contributed by atoms with van der Waals surface area (Å²) in [6.07, 6.45) is 5.38. The molecule has 10 heteroatoms. The van der Waals surface area contributed by atoms with Gasteiger partial charge in [0.2, 0.25) is 21.8 Å². The lowest BCUT2D eigenvalue weighted by Gasteiger charge is -2.33. The van der Waals surface area contributed by atoms with E-state index in [4.69, 9.17) is 23.2 Å². The van der Waals surface area contributed by atoms with Gasteiger partial charge in [0.25, 0.3) is 0 Å². The number of halogens is 2. The number of nitrogens with one attached hydrogen (secondary N) is 1. The molecule has 1 aliphatic carbocycles. The van der Waals surface area contributed by atoms with Crippen molar-refractivity contribution in [3.63, 3.8) is 0 Å². The second-order valence-electron chi connectivity index (χ2n) is 8.79. The Morgan fingerprint density at radius 1 is 1.09 bits per heavy atom.